The van der Waals surface area contributed by atoms with Crippen LogP contribution in [0.4, 0.5) is 5.69 Å². The summed E-state index contributed by atoms with van der Waals surface area (Å²) in [6.45, 7) is 3.93. The number of likely N-dealkylation sites (tertiary alicyclic amines) is 1. The third-order valence-electron chi connectivity index (χ3n) is 5.77. The molecule has 27 heavy (non-hydrogen) atoms. The number of nitrogens with two attached hydrogens (primary N) is 1. The van der Waals surface area contributed by atoms with Crippen LogP contribution < -0.4 is 10.6 Å². The first-order valence-corrected chi connectivity index (χ1v) is 9.95. The molecule has 2 saturated heterocycles. The number of piperidine rings is 1. The summed E-state index contributed by atoms with van der Waals surface area (Å²) in [6.07, 6.45) is 4.20. The number of nitrogens with zero attached hydrogens (tertiary/aromatic N) is 2. The molecule has 0 saturated carbocycles. The Morgan fingerprint density at radius 2 is 2.00 bits per heavy atom. The van der Waals surface area contributed by atoms with Crippen LogP contribution in [0.2, 0.25) is 0 Å². The molecule has 2 unspecified atom stereocenters. The zero-order valence-electron chi connectivity index (χ0n) is 16.0. The fourth-order valence-electron chi connectivity index (χ4n) is 4.28. The number of primary amides is 1. The molecule has 2 heterocycles. The summed E-state index contributed by atoms with van der Waals surface area (Å²) in [4.78, 5) is 40.3. The average Bonchev–Trinajstić information content (AvgIpc) is 3.07. The first-order valence-electron chi connectivity index (χ1n) is 9.95. The van der Waals surface area contributed by atoms with Crippen LogP contribution in [0.15, 0.2) is 24.3 Å². The normalized spacial score (nSPS) is 22.9. The molecule has 6 nitrogen and oxygen atoms in total. The van der Waals surface area contributed by atoms with Crippen molar-refractivity contribution in [3.8, 4) is 0 Å². The van der Waals surface area contributed by atoms with Crippen molar-refractivity contribution >= 4 is 23.4 Å². The van der Waals surface area contributed by atoms with E-state index in [0.29, 0.717) is 25.4 Å². The molecule has 0 aliphatic carbocycles. The number of para-hydroxylation sites is 1. The van der Waals surface area contributed by atoms with Gasteiger partial charge in [0, 0.05) is 38.2 Å². The molecule has 0 radical (unpaired) electrons. The van der Waals surface area contributed by atoms with Gasteiger partial charge in [0.05, 0.1) is 5.92 Å². The number of carbonyl (C=O) groups excluding carboxylic acids is 3. The van der Waals surface area contributed by atoms with Gasteiger partial charge in [-0.3, -0.25) is 14.4 Å². The lowest BCUT2D eigenvalue weighted by Gasteiger charge is -2.34. The second-order valence-corrected chi connectivity index (χ2v) is 7.69. The minimum absolute atomic E-state index is 0.0246. The molecule has 3 amide bonds. The number of amides is 3. The quantitative estimate of drug-likeness (QED) is 0.831. The molecule has 0 spiro atoms. The molecule has 3 rings (SSSR count). The van der Waals surface area contributed by atoms with Crippen LogP contribution in [-0.4, -0.2) is 42.3 Å². The highest BCUT2D eigenvalue weighted by atomic mass is 16.2. The number of anilines is 1. The van der Waals surface area contributed by atoms with Gasteiger partial charge >= 0.3 is 0 Å². The molecule has 0 aromatic heterocycles. The van der Waals surface area contributed by atoms with Crippen molar-refractivity contribution in [3.63, 3.8) is 0 Å². The smallest absolute Gasteiger partial charge is 0.228 e. The molecule has 2 aliphatic heterocycles. The van der Waals surface area contributed by atoms with Crippen LogP contribution in [0.25, 0.3) is 0 Å². The molecular formula is C21H29N3O3. The van der Waals surface area contributed by atoms with E-state index in [1.165, 1.54) is 0 Å². The highest BCUT2D eigenvalue weighted by Crippen LogP contribution is 2.30. The summed E-state index contributed by atoms with van der Waals surface area (Å²) in [5.74, 6) is -0.147. The van der Waals surface area contributed by atoms with Gasteiger partial charge in [0.2, 0.25) is 17.7 Å². The maximum Gasteiger partial charge on any atom is 0.228 e. The van der Waals surface area contributed by atoms with Gasteiger partial charge < -0.3 is 15.5 Å². The Labute approximate surface area is 160 Å². The van der Waals surface area contributed by atoms with E-state index < -0.39 is 0 Å². The second-order valence-electron chi connectivity index (χ2n) is 7.69. The fourth-order valence-corrected chi connectivity index (χ4v) is 4.28. The Hall–Kier alpha value is -2.37. The van der Waals surface area contributed by atoms with Crippen LogP contribution in [-0.2, 0) is 20.8 Å². The van der Waals surface area contributed by atoms with Gasteiger partial charge in [-0.15, -0.1) is 0 Å². The first kappa shape index (κ1) is 19.4. The van der Waals surface area contributed by atoms with E-state index >= 15 is 0 Å². The van der Waals surface area contributed by atoms with Crippen molar-refractivity contribution in [2.45, 2.75) is 45.4 Å². The van der Waals surface area contributed by atoms with Crippen molar-refractivity contribution < 1.29 is 14.4 Å². The predicted molar refractivity (Wildman–Crippen MR) is 104 cm³/mol. The third kappa shape index (κ3) is 4.49. The molecule has 2 N–H and O–H groups in total. The maximum atomic E-state index is 13.0. The summed E-state index contributed by atoms with van der Waals surface area (Å²) in [7, 11) is 0. The number of rotatable bonds is 6. The van der Waals surface area contributed by atoms with E-state index in [2.05, 4.69) is 6.92 Å². The topological polar surface area (TPSA) is 83.7 Å². The van der Waals surface area contributed by atoms with Crippen LogP contribution >= 0.6 is 0 Å². The molecule has 2 aliphatic rings. The van der Waals surface area contributed by atoms with Gasteiger partial charge in [0.1, 0.15) is 0 Å². The predicted octanol–water partition coefficient (Wildman–Crippen LogP) is 2.11. The van der Waals surface area contributed by atoms with Crippen molar-refractivity contribution in [2.75, 3.05) is 24.5 Å². The van der Waals surface area contributed by atoms with Gasteiger partial charge in [-0.2, -0.15) is 0 Å². The van der Waals surface area contributed by atoms with Gasteiger partial charge in [-0.25, -0.2) is 0 Å². The van der Waals surface area contributed by atoms with E-state index in [0.717, 1.165) is 43.5 Å². The number of aryl methyl sites for hydroxylation is 1. The number of carbonyl (C=O) groups is 3. The summed E-state index contributed by atoms with van der Waals surface area (Å²) >= 11 is 0. The third-order valence-corrected chi connectivity index (χ3v) is 5.77. The lowest BCUT2D eigenvalue weighted by molar-refractivity contribution is -0.137. The van der Waals surface area contributed by atoms with Gasteiger partial charge in [-0.05, 0) is 43.2 Å². The van der Waals surface area contributed by atoms with Crippen molar-refractivity contribution in [3.05, 3.63) is 29.8 Å². The minimum atomic E-state index is -0.287. The SMILES string of the molecule is CCc1ccccc1N1CC(C(=O)N2CCCC(CCC(N)=O)C2)CC1=O. The molecular weight excluding hydrogens is 342 g/mol. The van der Waals surface area contributed by atoms with Crippen LogP contribution in [0.3, 0.4) is 0 Å². The fraction of sp³-hybridized carbons (Fsp3) is 0.571. The van der Waals surface area contributed by atoms with Crippen LogP contribution in [0.1, 0.15) is 44.6 Å². The average molecular weight is 371 g/mol. The molecule has 1 aromatic rings. The molecule has 1 aromatic carbocycles. The largest absolute Gasteiger partial charge is 0.370 e. The lowest BCUT2D eigenvalue weighted by atomic mass is 9.92. The Morgan fingerprint density at radius 1 is 1.22 bits per heavy atom. The van der Waals surface area contributed by atoms with Crippen molar-refractivity contribution in [2.24, 2.45) is 17.6 Å². The summed E-state index contributed by atoms with van der Waals surface area (Å²) in [5.41, 5.74) is 7.31. The van der Waals surface area contributed by atoms with Gasteiger partial charge in [0.15, 0.2) is 0 Å². The Balaban J connectivity index is 1.64. The van der Waals surface area contributed by atoms with E-state index in [9.17, 15) is 14.4 Å². The zero-order valence-corrected chi connectivity index (χ0v) is 16.0. The number of hydrogen-bond donors (Lipinski definition) is 1. The molecule has 146 valence electrons. The minimum Gasteiger partial charge on any atom is -0.370 e. The van der Waals surface area contributed by atoms with Crippen molar-refractivity contribution in [1.29, 1.82) is 0 Å². The van der Waals surface area contributed by atoms with E-state index in [-0.39, 0.29) is 30.1 Å². The first-order chi connectivity index (χ1) is 13.0. The van der Waals surface area contributed by atoms with Gasteiger partial charge in [-0.1, -0.05) is 25.1 Å². The monoisotopic (exact) mass is 371 g/mol. The maximum absolute atomic E-state index is 13.0. The van der Waals surface area contributed by atoms with Gasteiger partial charge in [0.25, 0.3) is 0 Å². The standard InChI is InChI=1S/C21H29N3O3/c1-2-16-7-3-4-8-18(16)24-14-17(12-20(24)26)21(27)23-11-5-6-15(13-23)9-10-19(22)25/h3-4,7-8,15,17H,2,5-6,9-14H2,1H3,(H2,22,25). The Kier molecular flexibility index (Phi) is 6.14. The summed E-state index contributed by atoms with van der Waals surface area (Å²) in [6, 6.07) is 7.91. The molecule has 0 bridgehead atoms. The van der Waals surface area contributed by atoms with Crippen LogP contribution in [0.5, 0.6) is 0 Å². The van der Waals surface area contributed by atoms with E-state index in [1.807, 2.05) is 29.2 Å². The number of benzene rings is 1. The second kappa shape index (κ2) is 8.55. The van der Waals surface area contributed by atoms with E-state index in [1.54, 1.807) is 4.90 Å². The Morgan fingerprint density at radius 3 is 2.74 bits per heavy atom. The Bertz CT molecular complexity index is 718. The van der Waals surface area contributed by atoms with Crippen molar-refractivity contribution in [1.82, 2.24) is 4.90 Å². The summed E-state index contributed by atoms with van der Waals surface area (Å²) < 4.78 is 0. The van der Waals surface area contributed by atoms with Crippen LogP contribution in [0, 0.1) is 11.8 Å². The molecule has 2 fully saturated rings. The van der Waals surface area contributed by atoms with E-state index in [4.69, 9.17) is 5.73 Å². The summed E-state index contributed by atoms with van der Waals surface area (Å²) in [5, 5.41) is 0. The zero-order chi connectivity index (χ0) is 19.4. The molecule has 2 atom stereocenters. The molecule has 6 heteroatoms. The highest BCUT2D eigenvalue weighted by Gasteiger charge is 2.38. The lowest BCUT2D eigenvalue weighted by Crippen LogP contribution is -2.43. The number of hydrogen-bond acceptors (Lipinski definition) is 3. The highest BCUT2D eigenvalue weighted by molar-refractivity contribution is 6.00.